The SMILES string of the molecule is Nc1ccc(Nc2ccc(Cl)cc2C(F)(F)F)nc1. The number of nitrogens with one attached hydrogen (secondary N) is 1. The number of anilines is 3. The number of nitrogens with two attached hydrogens (primary N) is 1. The zero-order chi connectivity index (χ0) is 14.0. The van der Waals surface area contributed by atoms with Crippen LogP contribution in [0.15, 0.2) is 36.5 Å². The molecule has 100 valence electrons. The Morgan fingerprint density at radius 1 is 1.16 bits per heavy atom. The van der Waals surface area contributed by atoms with Crippen LogP contribution < -0.4 is 11.1 Å². The summed E-state index contributed by atoms with van der Waals surface area (Å²) in [7, 11) is 0. The maximum Gasteiger partial charge on any atom is 0.418 e. The molecule has 7 heteroatoms. The highest BCUT2D eigenvalue weighted by Gasteiger charge is 2.33. The summed E-state index contributed by atoms with van der Waals surface area (Å²) in [5, 5.41) is 2.60. The lowest BCUT2D eigenvalue weighted by atomic mass is 10.1. The van der Waals surface area contributed by atoms with E-state index >= 15 is 0 Å². The van der Waals surface area contributed by atoms with E-state index in [-0.39, 0.29) is 16.5 Å². The Balaban J connectivity index is 2.37. The number of halogens is 4. The van der Waals surface area contributed by atoms with Crippen molar-refractivity contribution in [2.45, 2.75) is 6.18 Å². The number of hydrogen-bond donors (Lipinski definition) is 2. The highest BCUT2D eigenvalue weighted by Crippen LogP contribution is 2.37. The highest BCUT2D eigenvalue weighted by molar-refractivity contribution is 6.30. The highest BCUT2D eigenvalue weighted by atomic mass is 35.5. The second-order valence-electron chi connectivity index (χ2n) is 3.79. The van der Waals surface area contributed by atoms with E-state index in [2.05, 4.69) is 10.3 Å². The van der Waals surface area contributed by atoms with Gasteiger partial charge in [-0.25, -0.2) is 4.98 Å². The van der Waals surface area contributed by atoms with Gasteiger partial charge >= 0.3 is 6.18 Å². The van der Waals surface area contributed by atoms with Crippen LogP contribution in [0.1, 0.15) is 5.56 Å². The molecule has 3 N–H and O–H groups in total. The van der Waals surface area contributed by atoms with Crippen molar-refractivity contribution in [1.82, 2.24) is 4.98 Å². The van der Waals surface area contributed by atoms with Crippen LogP contribution >= 0.6 is 11.6 Å². The van der Waals surface area contributed by atoms with Crippen molar-refractivity contribution >= 4 is 28.8 Å². The van der Waals surface area contributed by atoms with E-state index in [1.54, 1.807) is 6.07 Å². The molecule has 0 saturated carbocycles. The van der Waals surface area contributed by atoms with Gasteiger partial charge in [-0.05, 0) is 30.3 Å². The fraction of sp³-hybridized carbons (Fsp3) is 0.0833. The van der Waals surface area contributed by atoms with Crippen LogP contribution in [0.3, 0.4) is 0 Å². The van der Waals surface area contributed by atoms with Crippen molar-refractivity contribution in [2.24, 2.45) is 0 Å². The zero-order valence-electron chi connectivity index (χ0n) is 9.50. The molecule has 0 unspecified atom stereocenters. The van der Waals surface area contributed by atoms with Gasteiger partial charge in [-0.3, -0.25) is 0 Å². The van der Waals surface area contributed by atoms with E-state index in [1.165, 1.54) is 24.4 Å². The summed E-state index contributed by atoms with van der Waals surface area (Å²) in [4.78, 5) is 3.88. The molecule has 3 nitrogen and oxygen atoms in total. The number of rotatable bonds is 2. The van der Waals surface area contributed by atoms with Crippen LogP contribution in [0, 0.1) is 0 Å². The standard InChI is InChI=1S/C12H9ClF3N3/c13-7-1-3-10(9(5-7)12(14,15)16)19-11-4-2-8(17)6-18-11/h1-6H,17H2,(H,18,19). The normalized spacial score (nSPS) is 11.4. The number of nitrogen functional groups attached to an aromatic ring is 1. The zero-order valence-corrected chi connectivity index (χ0v) is 10.3. The fourth-order valence-electron chi connectivity index (χ4n) is 1.48. The summed E-state index contributed by atoms with van der Waals surface area (Å²) in [5.74, 6) is 0.266. The first-order chi connectivity index (χ1) is 8.86. The van der Waals surface area contributed by atoms with Gasteiger partial charge in [0.1, 0.15) is 5.82 Å². The molecular weight excluding hydrogens is 279 g/mol. The van der Waals surface area contributed by atoms with Gasteiger partial charge in [0.05, 0.1) is 23.1 Å². The lowest BCUT2D eigenvalue weighted by molar-refractivity contribution is -0.136. The Labute approximate surface area is 112 Å². The van der Waals surface area contributed by atoms with Crippen molar-refractivity contribution < 1.29 is 13.2 Å². The first-order valence-corrected chi connectivity index (χ1v) is 5.59. The van der Waals surface area contributed by atoms with Crippen molar-refractivity contribution in [1.29, 1.82) is 0 Å². The van der Waals surface area contributed by atoms with Crippen LogP contribution in [0.5, 0.6) is 0 Å². The smallest absolute Gasteiger partial charge is 0.397 e. The molecule has 2 aromatic rings. The maximum absolute atomic E-state index is 12.9. The molecule has 19 heavy (non-hydrogen) atoms. The van der Waals surface area contributed by atoms with Crippen LogP contribution in [0.25, 0.3) is 0 Å². The molecule has 0 fully saturated rings. The molecule has 2 rings (SSSR count). The van der Waals surface area contributed by atoms with E-state index < -0.39 is 11.7 Å². The third-order valence-corrected chi connectivity index (χ3v) is 2.57. The summed E-state index contributed by atoms with van der Waals surface area (Å²) >= 11 is 5.59. The molecule has 0 bridgehead atoms. The van der Waals surface area contributed by atoms with Crippen LogP contribution in [-0.2, 0) is 6.18 Å². The van der Waals surface area contributed by atoms with E-state index in [0.717, 1.165) is 6.07 Å². The number of nitrogens with zero attached hydrogens (tertiary/aromatic N) is 1. The lowest BCUT2D eigenvalue weighted by Crippen LogP contribution is -2.09. The van der Waals surface area contributed by atoms with Crippen molar-refractivity contribution in [3.8, 4) is 0 Å². The van der Waals surface area contributed by atoms with E-state index in [0.29, 0.717) is 5.69 Å². The van der Waals surface area contributed by atoms with Gasteiger partial charge in [-0.1, -0.05) is 11.6 Å². The summed E-state index contributed by atoms with van der Waals surface area (Å²) in [6.45, 7) is 0. The minimum Gasteiger partial charge on any atom is -0.397 e. The largest absolute Gasteiger partial charge is 0.418 e. The number of aromatic nitrogens is 1. The Kier molecular flexibility index (Phi) is 3.53. The third kappa shape index (κ3) is 3.29. The molecule has 0 spiro atoms. The molecule has 0 amide bonds. The predicted molar refractivity (Wildman–Crippen MR) is 68.4 cm³/mol. The molecule has 0 aliphatic carbocycles. The molecule has 0 radical (unpaired) electrons. The number of pyridine rings is 1. The van der Waals surface area contributed by atoms with Crippen LogP contribution in [-0.4, -0.2) is 4.98 Å². The van der Waals surface area contributed by atoms with E-state index in [9.17, 15) is 13.2 Å². The topological polar surface area (TPSA) is 50.9 Å². The summed E-state index contributed by atoms with van der Waals surface area (Å²) in [6, 6.07) is 6.52. The second-order valence-corrected chi connectivity index (χ2v) is 4.23. The van der Waals surface area contributed by atoms with E-state index in [1.807, 2.05) is 0 Å². The Morgan fingerprint density at radius 3 is 2.47 bits per heavy atom. The first-order valence-electron chi connectivity index (χ1n) is 5.21. The molecule has 0 aliphatic rings. The van der Waals surface area contributed by atoms with Crippen molar-refractivity contribution in [3.05, 3.63) is 47.1 Å². The van der Waals surface area contributed by atoms with Gasteiger partial charge < -0.3 is 11.1 Å². The molecule has 0 atom stereocenters. The van der Waals surface area contributed by atoms with Crippen LogP contribution in [0.4, 0.5) is 30.4 Å². The van der Waals surface area contributed by atoms with Gasteiger partial charge in [-0.2, -0.15) is 13.2 Å². The van der Waals surface area contributed by atoms with Crippen molar-refractivity contribution in [2.75, 3.05) is 11.1 Å². The van der Waals surface area contributed by atoms with Crippen molar-refractivity contribution in [3.63, 3.8) is 0 Å². The van der Waals surface area contributed by atoms with Gasteiger partial charge in [0, 0.05) is 5.02 Å². The van der Waals surface area contributed by atoms with Gasteiger partial charge in [0.15, 0.2) is 0 Å². The quantitative estimate of drug-likeness (QED) is 0.875. The molecule has 1 heterocycles. The Hall–Kier alpha value is -1.95. The van der Waals surface area contributed by atoms with Gasteiger partial charge in [0.2, 0.25) is 0 Å². The second kappa shape index (κ2) is 4.97. The summed E-state index contributed by atoms with van der Waals surface area (Å²) in [6.07, 6.45) is -3.15. The first kappa shape index (κ1) is 13.5. The fourth-order valence-corrected chi connectivity index (χ4v) is 1.65. The molecule has 1 aromatic carbocycles. The lowest BCUT2D eigenvalue weighted by Gasteiger charge is -2.14. The predicted octanol–water partition coefficient (Wildman–Crippen LogP) is 4.08. The maximum atomic E-state index is 12.9. The minimum absolute atomic E-state index is 0.0168. The Morgan fingerprint density at radius 2 is 1.89 bits per heavy atom. The third-order valence-electron chi connectivity index (χ3n) is 2.34. The van der Waals surface area contributed by atoms with E-state index in [4.69, 9.17) is 17.3 Å². The average Bonchev–Trinajstić information content (AvgIpc) is 2.33. The van der Waals surface area contributed by atoms with Gasteiger partial charge in [0.25, 0.3) is 0 Å². The monoisotopic (exact) mass is 287 g/mol. The molecule has 1 aromatic heterocycles. The summed E-state index contributed by atoms with van der Waals surface area (Å²) in [5.41, 5.74) is 4.91. The molecule has 0 saturated heterocycles. The number of benzene rings is 1. The minimum atomic E-state index is -4.50. The number of hydrogen-bond acceptors (Lipinski definition) is 3. The Bertz CT molecular complexity index is 582. The molecular formula is C12H9ClF3N3. The summed E-state index contributed by atoms with van der Waals surface area (Å²) < 4.78 is 38.6. The van der Waals surface area contributed by atoms with Gasteiger partial charge in [-0.15, -0.1) is 0 Å². The van der Waals surface area contributed by atoms with Crippen LogP contribution in [0.2, 0.25) is 5.02 Å². The number of alkyl halides is 3. The molecule has 0 aliphatic heterocycles. The average molecular weight is 288 g/mol.